The summed E-state index contributed by atoms with van der Waals surface area (Å²) in [4.78, 5) is 2.35. The maximum atomic E-state index is 9.46. The number of para-hydroxylation sites is 1. The van der Waals surface area contributed by atoms with Gasteiger partial charge in [0.1, 0.15) is 0 Å². The van der Waals surface area contributed by atoms with Crippen molar-refractivity contribution in [2.24, 2.45) is 0 Å². The molecule has 1 rings (SSSR count). The summed E-state index contributed by atoms with van der Waals surface area (Å²) < 4.78 is 0. The van der Waals surface area contributed by atoms with Crippen LogP contribution in [0.25, 0.3) is 0 Å². The predicted molar refractivity (Wildman–Crippen MR) is 70.0 cm³/mol. The van der Waals surface area contributed by atoms with Gasteiger partial charge in [0.15, 0.2) is 0 Å². The molecule has 2 nitrogen and oxygen atoms in total. The Bertz CT molecular complexity index is 322. The van der Waals surface area contributed by atoms with Crippen LogP contribution in [0.15, 0.2) is 24.3 Å². The van der Waals surface area contributed by atoms with Gasteiger partial charge in [-0.25, -0.2) is 0 Å². The molecule has 0 fully saturated rings. The van der Waals surface area contributed by atoms with Gasteiger partial charge in [0, 0.05) is 18.3 Å². The minimum atomic E-state index is -0.243. The minimum absolute atomic E-state index is 0.243. The lowest BCUT2D eigenvalue weighted by atomic mass is 10.1. The molecule has 0 aliphatic heterocycles. The third kappa shape index (κ3) is 3.24. The van der Waals surface area contributed by atoms with Crippen LogP contribution < -0.4 is 4.90 Å². The van der Waals surface area contributed by atoms with Gasteiger partial charge in [-0.15, -0.1) is 0 Å². The number of aliphatic hydroxyl groups excluding tert-OH is 1. The van der Waals surface area contributed by atoms with Gasteiger partial charge in [-0.1, -0.05) is 18.2 Å². The molecule has 2 atom stereocenters. The number of rotatable bonds is 5. The van der Waals surface area contributed by atoms with Gasteiger partial charge in [-0.05, 0) is 45.7 Å². The monoisotopic (exact) mass is 221 g/mol. The second-order valence-corrected chi connectivity index (χ2v) is 4.51. The van der Waals surface area contributed by atoms with E-state index in [9.17, 15) is 5.11 Å². The van der Waals surface area contributed by atoms with Crippen LogP contribution in [0.2, 0.25) is 0 Å². The third-order valence-corrected chi connectivity index (χ3v) is 2.98. The average Bonchev–Trinajstić information content (AvgIpc) is 2.20. The molecule has 1 N–H and O–H groups in total. The first-order valence-electron chi connectivity index (χ1n) is 6.06. The molecule has 0 bridgehead atoms. The zero-order valence-electron chi connectivity index (χ0n) is 10.8. The van der Waals surface area contributed by atoms with Crippen LogP contribution in [0.5, 0.6) is 0 Å². The molecule has 0 heterocycles. The van der Waals surface area contributed by atoms with Gasteiger partial charge in [0.25, 0.3) is 0 Å². The summed E-state index contributed by atoms with van der Waals surface area (Å²) in [6.45, 7) is 9.28. The van der Waals surface area contributed by atoms with E-state index in [1.165, 1.54) is 11.3 Å². The quantitative estimate of drug-likeness (QED) is 0.826. The van der Waals surface area contributed by atoms with Crippen molar-refractivity contribution >= 4 is 5.69 Å². The van der Waals surface area contributed by atoms with E-state index in [4.69, 9.17) is 0 Å². The summed E-state index contributed by atoms with van der Waals surface area (Å²) in [5.74, 6) is 0. The highest BCUT2D eigenvalue weighted by Crippen LogP contribution is 2.22. The van der Waals surface area contributed by atoms with E-state index in [-0.39, 0.29) is 6.10 Å². The average molecular weight is 221 g/mol. The molecule has 0 saturated heterocycles. The SMILES string of the molecule is CCN(c1ccccc1C)C(C)CC(C)O. The molecule has 0 aliphatic rings. The number of anilines is 1. The van der Waals surface area contributed by atoms with Crippen molar-refractivity contribution < 1.29 is 5.11 Å². The smallest absolute Gasteiger partial charge is 0.0531 e. The first kappa shape index (κ1) is 13.0. The Kier molecular flexibility index (Phi) is 4.81. The van der Waals surface area contributed by atoms with Crippen LogP contribution in [0, 0.1) is 6.92 Å². The number of aryl methyl sites for hydroxylation is 1. The minimum Gasteiger partial charge on any atom is -0.393 e. The third-order valence-electron chi connectivity index (χ3n) is 2.98. The van der Waals surface area contributed by atoms with E-state index in [1.54, 1.807) is 0 Å². The molecule has 0 spiro atoms. The Balaban J connectivity index is 2.86. The molecule has 0 amide bonds. The molecule has 2 heteroatoms. The molecule has 0 aliphatic carbocycles. The summed E-state index contributed by atoms with van der Waals surface area (Å²) >= 11 is 0. The Morgan fingerprint density at radius 3 is 2.38 bits per heavy atom. The van der Waals surface area contributed by atoms with Gasteiger partial charge < -0.3 is 10.0 Å². The van der Waals surface area contributed by atoms with E-state index in [0.717, 1.165) is 13.0 Å². The van der Waals surface area contributed by atoms with E-state index < -0.39 is 0 Å². The van der Waals surface area contributed by atoms with E-state index in [2.05, 4.69) is 49.9 Å². The van der Waals surface area contributed by atoms with Crippen molar-refractivity contribution in [3.05, 3.63) is 29.8 Å². The topological polar surface area (TPSA) is 23.5 Å². The highest BCUT2D eigenvalue weighted by molar-refractivity contribution is 5.53. The molecule has 16 heavy (non-hydrogen) atoms. The maximum Gasteiger partial charge on any atom is 0.0531 e. The standard InChI is InChI=1S/C14H23NO/c1-5-15(12(3)10-13(4)16)14-9-7-6-8-11(14)2/h6-9,12-13,16H,5,10H2,1-4H3. The molecule has 1 aromatic carbocycles. The van der Waals surface area contributed by atoms with Crippen molar-refractivity contribution in [3.8, 4) is 0 Å². The Morgan fingerprint density at radius 1 is 1.25 bits per heavy atom. The molecular formula is C14H23NO. The van der Waals surface area contributed by atoms with Crippen molar-refractivity contribution in [2.45, 2.75) is 46.3 Å². The highest BCUT2D eigenvalue weighted by atomic mass is 16.3. The van der Waals surface area contributed by atoms with Crippen LogP contribution in [-0.4, -0.2) is 23.8 Å². The molecule has 2 unspecified atom stereocenters. The molecular weight excluding hydrogens is 198 g/mol. The number of nitrogens with zero attached hydrogens (tertiary/aromatic N) is 1. The first-order chi connectivity index (χ1) is 7.56. The Morgan fingerprint density at radius 2 is 1.88 bits per heavy atom. The van der Waals surface area contributed by atoms with Gasteiger partial charge in [-0.3, -0.25) is 0 Å². The zero-order chi connectivity index (χ0) is 12.1. The number of hydrogen-bond acceptors (Lipinski definition) is 2. The van der Waals surface area contributed by atoms with Crippen LogP contribution in [-0.2, 0) is 0 Å². The van der Waals surface area contributed by atoms with Gasteiger partial charge in [0.2, 0.25) is 0 Å². The predicted octanol–water partition coefficient (Wildman–Crippen LogP) is 2.98. The number of benzene rings is 1. The van der Waals surface area contributed by atoms with Crippen molar-refractivity contribution in [2.75, 3.05) is 11.4 Å². The fourth-order valence-corrected chi connectivity index (χ4v) is 2.23. The summed E-state index contributed by atoms with van der Waals surface area (Å²) in [6, 6.07) is 8.78. The summed E-state index contributed by atoms with van der Waals surface area (Å²) in [7, 11) is 0. The lowest BCUT2D eigenvalue weighted by Crippen LogP contribution is -2.35. The molecule has 0 radical (unpaired) electrons. The van der Waals surface area contributed by atoms with Crippen molar-refractivity contribution in [3.63, 3.8) is 0 Å². The van der Waals surface area contributed by atoms with Crippen molar-refractivity contribution in [1.29, 1.82) is 0 Å². The van der Waals surface area contributed by atoms with Gasteiger partial charge >= 0.3 is 0 Å². The molecule has 0 saturated carbocycles. The summed E-state index contributed by atoms with van der Waals surface area (Å²) in [5, 5.41) is 9.46. The number of aliphatic hydroxyl groups is 1. The normalized spacial score (nSPS) is 14.6. The molecule has 90 valence electrons. The van der Waals surface area contributed by atoms with Gasteiger partial charge in [0.05, 0.1) is 6.10 Å². The van der Waals surface area contributed by atoms with Crippen molar-refractivity contribution in [1.82, 2.24) is 0 Å². The summed E-state index contributed by atoms with van der Waals surface area (Å²) in [6.07, 6.45) is 0.565. The number of hydrogen-bond donors (Lipinski definition) is 1. The summed E-state index contributed by atoms with van der Waals surface area (Å²) in [5.41, 5.74) is 2.57. The second kappa shape index (κ2) is 5.90. The van der Waals surface area contributed by atoms with E-state index in [1.807, 2.05) is 6.92 Å². The van der Waals surface area contributed by atoms with Crippen LogP contribution >= 0.6 is 0 Å². The fourth-order valence-electron chi connectivity index (χ4n) is 2.23. The largest absolute Gasteiger partial charge is 0.393 e. The zero-order valence-corrected chi connectivity index (χ0v) is 10.8. The lowest BCUT2D eigenvalue weighted by molar-refractivity contribution is 0.175. The van der Waals surface area contributed by atoms with E-state index in [0.29, 0.717) is 6.04 Å². The fraction of sp³-hybridized carbons (Fsp3) is 0.571. The Labute approximate surface area is 98.9 Å². The highest BCUT2D eigenvalue weighted by Gasteiger charge is 2.15. The first-order valence-corrected chi connectivity index (χ1v) is 6.06. The molecule has 1 aromatic rings. The van der Waals surface area contributed by atoms with Crippen LogP contribution in [0.4, 0.5) is 5.69 Å². The van der Waals surface area contributed by atoms with Crippen LogP contribution in [0.3, 0.4) is 0 Å². The van der Waals surface area contributed by atoms with Gasteiger partial charge in [-0.2, -0.15) is 0 Å². The van der Waals surface area contributed by atoms with Crippen LogP contribution in [0.1, 0.15) is 32.8 Å². The van der Waals surface area contributed by atoms with E-state index >= 15 is 0 Å². The Hall–Kier alpha value is -1.02. The lowest BCUT2D eigenvalue weighted by Gasteiger charge is -2.32. The second-order valence-electron chi connectivity index (χ2n) is 4.51. The maximum absolute atomic E-state index is 9.46. The molecule has 0 aromatic heterocycles.